The van der Waals surface area contributed by atoms with Crippen LogP contribution in [0.15, 0.2) is 0 Å². The largest absolute Gasteiger partial charge is 0.374 e. The van der Waals surface area contributed by atoms with Crippen LogP contribution in [0.2, 0.25) is 0 Å². The molecule has 2 aliphatic rings. The molecule has 0 radical (unpaired) electrons. The summed E-state index contributed by atoms with van der Waals surface area (Å²) >= 11 is 0. The first-order valence-corrected chi connectivity index (χ1v) is 6.85. The maximum absolute atomic E-state index is 5.81. The van der Waals surface area contributed by atoms with Gasteiger partial charge in [0.2, 0.25) is 0 Å². The van der Waals surface area contributed by atoms with E-state index in [1.165, 1.54) is 45.3 Å². The number of nitrogens with one attached hydrogen (secondary N) is 1. The van der Waals surface area contributed by atoms with Crippen LogP contribution in [0.1, 0.15) is 39.5 Å². The molecule has 2 aliphatic heterocycles. The zero-order valence-corrected chi connectivity index (χ0v) is 10.7. The lowest BCUT2D eigenvalue weighted by Gasteiger charge is -2.22. The van der Waals surface area contributed by atoms with E-state index >= 15 is 0 Å². The molecule has 0 aromatic rings. The monoisotopic (exact) mass is 226 g/mol. The molecule has 2 heterocycles. The summed E-state index contributed by atoms with van der Waals surface area (Å²) in [6, 6.07) is 0.595. The molecule has 3 nitrogen and oxygen atoms in total. The molecule has 0 aromatic heterocycles. The van der Waals surface area contributed by atoms with E-state index in [0.717, 1.165) is 6.54 Å². The second-order valence-electron chi connectivity index (χ2n) is 5.46. The Balaban J connectivity index is 1.58. The minimum Gasteiger partial charge on any atom is -0.374 e. The fraction of sp³-hybridized carbons (Fsp3) is 1.00. The lowest BCUT2D eigenvalue weighted by atomic mass is 10.2. The van der Waals surface area contributed by atoms with Gasteiger partial charge < -0.3 is 15.0 Å². The quantitative estimate of drug-likeness (QED) is 0.771. The molecule has 1 N–H and O–H groups in total. The highest BCUT2D eigenvalue weighted by atomic mass is 16.5. The molecular weight excluding hydrogens is 200 g/mol. The highest BCUT2D eigenvalue weighted by molar-refractivity contribution is 4.76. The van der Waals surface area contributed by atoms with E-state index in [0.29, 0.717) is 18.2 Å². The fourth-order valence-corrected chi connectivity index (χ4v) is 2.79. The molecule has 0 amide bonds. The second-order valence-corrected chi connectivity index (χ2v) is 5.46. The average Bonchev–Trinajstić information content (AvgIpc) is 2.87. The summed E-state index contributed by atoms with van der Waals surface area (Å²) in [7, 11) is 0. The molecule has 2 saturated heterocycles. The number of ether oxygens (including phenoxy) is 1. The summed E-state index contributed by atoms with van der Waals surface area (Å²) in [5, 5.41) is 3.61. The van der Waals surface area contributed by atoms with Crippen LogP contribution >= 0.6 is 0 Å². The van der Waals surface area contributed by atoms with E-state index in [1.807, 2.05) is 0 Å². The minimum atomic E-state index is 0.455. The van der Waals surface area contributed by atoms with Crippen molar-refractivity contribution in [2.45, 2.75) is 57.8 Å². The molecule has 3 atom stereocenters. The standard InChI is InChI=1S/C13H26N2O/c1-11(10-15-7-3-4-8-15)14-9-13-6-5-12(2)16-13/h11-14H,3-10H2,1-2H3. The Labute approximate surface area is 99.5 Å². The van der Waals surface area contributed by atoms with Crippen LogP contribution in [0.4, 0.5) is 0 Å². The second kappa shape index (κ2) is 5.99. The number of hydrogen-bond donors (Lipinski definition) is 1. The molecule has 0 aromatic carbocycles. The molecule has 3 unspecified atom stereocenters. The fourth-order valence-electron chi connectivity index (χ4n) is 2.79. The van der Waals surface area contributed by atoms with E-state index in [-0.39, 0.29) is 0 Å². The van der Waals surface area contributed by atoms with Crippen LogP contribution in [0.5, 0.6) is 0 Å². The third-order valence-electron chi connectivity index (χ3n) is 3.74. The first-order chi connectivity index (χ1) is 7.74. The van der Waals surface area contributed by atoms with Crippen molar-refractivity contribution in [3.8, 4) is 0 Å². The van der Waals surface area contributed by atoms with Crippen molar-refractivity contribution in [1.82, 2.24) is 10.2 Å². The van der Waals surface area contributed by atoms with E-state index < -0.39 is 0 Å². The van der Waals surface area contributed by atoms with Gasteiger partial charge in [0, 0.05) is 19.1 Å². The maximum Gasteiger partial charge on any atom is 0.0704 e. The van der Waals surface area contributed by atoms with Crippen molar-refractivity contribution < 1.29 is 4.74 Å². The lowest BCUT2D eigenvalue weighted by molar-refractivity contribution is 0.0539. The Hall–Kier alpha value is -0.120. The van der Waals surface area contributed by atoms with Gasteiger partial charge in [-0.3, -0.25) is 0 Å². The first kappa shape index (κ1) is 12.3. The van der Waals surface area contributed by atoms with Gasteiger partial charge in [0.05, 0.1) is 12.2 Å². The van der Waals surface area contributed by atoms with Crippen molar-refractivity contribution in [2.75, 3.05) is 26.2 Å². The van der Waals surface area contributed by atoms with Crippen LogP contribution in [-0.4, -0.2) is 49.3 Å². The predicted molar refractivity (Wildman–Crippen MR) is 66.7 cm³/mol. The van der Waals surface area contributed by atoms with Crippen LogP contribution in [-0.2, 0) is 4.74 Å². The smallest absolute Gasteiger partial charge is 0.0704 e. The number of nitrogens with zero attached hydrogens (tertiary/aromatic N) is 1. The highest BCUT2D eigenvalue weighted by Crippen LogP contribution is 2.18. The van der Waals surface area contributed by atoms with E-state index in [9.17, 15) is 0 Å². The van der Waals surface area contributed by atoms with Crippen LogP contribution in [0.25, 0.3) is 0 Å². The van der Waals surface area contributed by atoms with E-state index in [4.69, 9.17) is 4.74 Å². The van der Waals surface area contributed by atoms with Gasteiger partial charge in [0.1, 0.15) is 0 Å². The molecule has 16 heavy (non-hydrogen) atoms. The maximum atomic E-state index is 5.81. The van der Waals surface area contributed by atoms with Crippen LogP contribution in [0.3, 0.4) is 0 Å². The number of likely N-dealkylation sites (tertiary alicyclic amines) is 1. The zero-order valence-electron chi connectivity index (χ0n) is 10.7. The molecule has 2 rings (SSSR count). The Morgan fingerprint density at radius 1 is 1.31 bits per heavy atom. The molecule has 0 saturated carbocycles. The van der Waals surface area contributed by atoms with Crippen LogP contribution < -0.4 is 5.32 Å². The van der Waals surface area contributed by atoms with Crippen molar-refractivity contribution in [1.29, 1.82) is 0 Å². The Bertz CT molecular complexity index is 204. The summed E-state index contributed by atoms with van der Waals surface area (Å²) < 4.78 is 5.81. The Morgan fingerprint density at radius 2 is 2.06 bits per heavy atom. The van der Waals surface area contributed by atoms with Crippen molar-refractivity contribution in [3.63, 3.8) is 0 Å². The molecule has 94 valence electrons. The third-order valence-corrected chi connectivity index (χ3v) is 3.74. The summed E-state index contributed by atoms with van der Waals surface area (Å²) in [6.07, 6.45) is 6.15. The van der Waals surface area contributed by atoms with Gasteiger partial charge in [-0.2, -0.15) is 0 Å². The SMILES string of the molecule is CC(CN1CCCC1)NCC1CCC(C)O1. The Morgan fingerprint density at radius 3 is 2.69 bits per heavy atom. The molecular formula is C13H26N2O. The molecule has 2 fully saturated rings. The molecule has 0 spiro atoms. The van der Waals surface area contributed by atoms with Crippen molar-refractivity contribution >= 4 is 0 Å². The van der Waals surface area contributed by atoms with Crippen LogP contribution in [0, 0.1) is 0 Å². The average molecular weight is 226 g/mol. The summed E-state index contributed by atoms with van der Waals surface area (Å²) in [4.78, 5) is 2.57. The predicted octanol–water partition coefficient (Wildman–Crippen LogP) is 1.63. The van der Waals surface area contributed by atoms with Gasteiger partial charge >= 0.3 is 0 Å². The zero-order chi connectivity index (χ0) is 11.4. The first-order valence-electron chi connectivity index (χ1n) is 6.85. The normalized spacial score (nSPS) is 33.4. The van der Waals surface area contributed by atoms with Gasteiger partial charge in [-0.1, -0.05) is 0 Å². The van der Waals surface area contributed by atoms with Crippen molar-refractivity contribution in [2.24, 2.45) is 0 Å². The van der Waals surface area contributed by atoms with E-state index in [1.54, 1.807) is 0 Å². The summed E-state index contributed by atoms with van der Waals surface area (Å²) in [5.74, 6) is 0. The van der Waals surface area contributed by atoms with Gasteiger partial charge in [-0.15, -0.1) is 0 Å². The molecule has 0 aliphatic carbocycles. The van der Waals surface area contributed by atoms with Gasteiger partial charge in [0.25, 0.3) is 0 Å². The van der Waals surface area contributed by atoms with Gasteiger partial charge in [-0.25, -0.2) is 0 Å². The summed E-state index contributed by atoms with van der Waals surface area (Å²) in [5.41, 5.74) is 0. The minimum absolute atomic E-state index is 0.455. The van der Waals surface area contributed by atoms with E-state index in [2.05, 4.69) is 24.1 Å². The lowest BCUT2D eigenvalue weighted by Crippen LogP contribution is -2.41. The topological polar surface area (TPSA) is 24.5 Å². The summed E-state index contributed by atoms with van der Waals surface area (Å²) in [6.45, 7) is 9.28. The highest BCUT2D eigenvalue weighted by Gasteiger charge is 2.22. The molecule has 0 bridgehead atoms. The van der Waals surface area contributed by atoms with Gasteiger partial charge in [0.15, 0.2) is 0 Å². The number of hydrogen-bond acceptors (Lipinski definition) is 3. The third kappa shape index (κ3) is 3.72. The van der Waals surface area contributed by atoms with Gasteiger partial charge in [-0.05, 0) is 52.6 Å². The number of rotatable bonds is 5. The van der Waals surface area contributed by atoms with Crippen molar-refractivity contribution in [3.05, 3.63) is 0 Å². The Kier molecular flexibility index (Phi) is 4.62. The molecule has 3 heteroatoms.